The summed E-state index contributed by atoms with van der Waals surface area (Å²) in [5, 5.41) is 0. The molecule has 1 N–H and O–H groups in total. The van der Waals surface area contributed by atoms with Gasteiger partial charge < -0.3 is 4.98 Å². The minimum atomic E-state index is 0.852. The average Bonchev–Trinajstić information content (AvgIpc) is 2.33. The quantitative estimate of drug-likeness (QED) is 0.578. The monoisotopic (exact) mass is 120 g/mol. The Kier molecular flexibility index (Phi) is 1.49. The van der Waals surface area contributed by atoms with Gasteiger partial charge in [-0.15, -0.1) is 0 Å². The van der Waals surface area contributed by atoms with E-state index in [0.29, 0.717) is 0 Å². The van der Waals surface area contributed by atoms with Crippen LogP contribution in [0.15, 0.2) is 23.8 Å². The second-order valence-electron chi connectivity index (χ2n) is 1.64. The highest BCUT2D eigenvalue weighted by molar-refractivity contribution is 5.61. The van der Waals surface area contributed by atoms with Crippen LogP contribution in [0.1, 0.15) is 5.69 Å². The van der Waals surface area contributed by atoms with E-state index >= 15 is 0 Å². The van der Waals surface area contributed by atoms with Crippen molar-refractivity contribution in [3.63, 3.8) is 0 Å². The molecule has 0 amide bonds. The lowest BCUT2D eigenvalue weighted by molar-refractivity contribution is 1.37. The van der Waals surface area contributed by atoms with Gasteiger partial charge in [-0.25, -0.2) is 0 Å². The minimum absolute atomic E-state index is 0.852. The van der Waals surface area contributed by atoms with Crippen molar-refractivity contribution in [1.29, 1.82) is 0 Å². The Morgan fingerprint density at radius 2 is 2.44 bits per heavy atom. The van der Waals surface area contributed by atoms with E-state index in [0.717, 1.165) is 11.4 Å². The van der Waals surface area contributed by atoms with Crippen LogP contribution in [0.25, 0.3) is 6.08 Å². The fourth-order valence-electron chi connectivity index (χ4n) is 0.675. The summed E-state index contributed by atoms with van der Waals surface area (Å²) in [6.07, 6.45) is 3.52. The van der Waals surface area contributed by atoms with Crippen LogP contribution >= 0.6 is 0 Å². The fraction of sp³-hybridized carbons (Fsp3) is 0. The zero-order valence-corrected chi connectivity index (χ0v) is 5.09. The molecular weight excluding hydrogens is 112 g/mol. The first-order valence-electron chi connectivity index (χ1n) is 2.65. The molecule has 0 atom stereocenters. The van der Waals surface area contributed by atoms with E-state index < -0.39 is 0 Å². The van der Waals surface area contributed by atoms with E-state index in [1.54, 1.807) is 12.3 Å². The molecule has 9 heavy (non-hydrogen) atoms. The van der Waals surface area contributed by atoms with Gasteiger partial charge in [0.1, 0.15) is 0 Å². The Labute approximate surface area is 53.9 Å². The predicted molar refractivity (Wildman–Crippen MR) is 40.1 cm³/mol. The van der Waals surface area contributed by atoms with E-state index in [4.69, 9.17) is 0 Å². The number of aromatic amines is 1. The molecule has 0 aliphatic carbocycles. The Balaban J connectivity index is 3.12. The maximum atomic E-state index is 3.75. The zero-order chi connectivity index (χ0) is 6.69. The SMILES string of the molecule is C=Cc1[nH]ccc1N=C. The van der Waals surface area contributed by atoms with Gasteiger partial charge in [0.05, 0.1) is 11.4 Å². The van der Waals surface area contributed by atoms with Crippen molar-refractivity contribution in [3.05, 3.63) is 24.5 Å². The van der Waals surface area contributed by atoms with Gasteiger partial charge in [0, 0.05) is 6.20 Å². The van der Waals surface area contributed by atoms with Crippen LogP contribution in [0.2, 0.25) is 0 Å². The number of nitrogens with one attached hydrogen (secondary N) is 1. The molecule has 1 rings (SSSR count). The second-order valence-corrected chi connectivity index (χ2v) is 1.64. The van der Waals surface area contributed by atoms with E-state index in [2.05, 4.69) is 23.3 Å². The van der Waals surface area contributed by atoms with E-state index in [-0.39, 0.29) is 0 Å². The summed E-state index contributed by atoms with van der Waals surface area (Å²) in [4.78, 5) is 6.70. The number of nitrogens with zero attached hydrogens (tertiary/aromatic N) is 1. The highest BCUT2D eigenvalue weighted by atomic mass is 14.8. The van der Waals surface area contributed by atoms with Crippen LogP contribution in [0.5, 0.6) is 0 Å². The molecule has 0 aliphatic rings. The van der Waals surface area contributed by atoms with Crippen molar-refractivity contribution in [1.82, 2.24) is 4.98 Å². The highest BCUT2D eigenvalue weighted by Crippen LogP contribution is 2.16. The maximum Gasteiger partial charge on any atom is 0.0871 e. The van der Waals surface area contributed by atoms with Gasteiger partial charge in [0.15, 0.2) is 0 Å². The first-order chi connectivity index (χ1) is 4.38. The molecule has 0 saturated heterocycles. The first kappa shape index (κ1) is 5.82. The van der Waals surface area contributed by atoms with Crippen molar-refractivity contribution in [2.45, 2.75) is 0 Å². The number of rotatable bonds is 2. The summed E-state index contributed by atoms with van der Waals surface area (Å²) in [6.45, 7) is 6.99. The number of hydrogen-bond acceptors (Lipinski definition) is 1. The van der Waals surface area contributed by atoms with Crippen molar-refractivity contribution in [2.75, 3.05) is 0 Å². The molecular formula is C7H8N2. The maximum absolute atomic E-state index is 3.75. The molecule has 0 radical (unpaired) electrons. The van der Waals surface area contributed by atoms with E-state index in [1.165, 1.54) is 0 Å². The van der Waals surface area contributed by atoms with Gasteiger partial charge in [0.2, 0.25) is 0 Å². The lowest BCUT2D eigenvalue weighted by Crippen LogP contribution is -1.65. The Hall–Kier alpha value is -1.31. The van der Waals surface area contributed by atoms with Crippen LogP contribution in [-0.2, 0) is 0 Å². The third kappa shape index (κ3) is 0.914. The number of hydrogen-bond donors (Lipinski definition) is 1. The number of aromatic nitrogens is 1. The van der Waals surface area contributed by atoms with Crippen molar-refractivity contribution < 1.29 is 0 Å². The molecule has 1 aromatic heterocycles. The molecule has 0 aromatic carbocycles. The summed E-state index contributed by atoms with van der Waals surface area (Å²) in [6, 6.07) is 1.85. The zero-order valence-electron chi connectivity index (χ0n) is 5.09. The van der Waals surface area contributed by atoms with Gasteiger partial charge in [-0.05, 0) is 18.9 Å². The Bertz CT molecular complexity index is 200. The fourth-order valence-corrected chi connectivity index (χ4v) is 0.675. The molecule has 2 heteroatoms. The predicted octanol–water partition coefficient (Wildman–Crippen LogP) is 1.99. The summed E-state index contributed by atoms with van der Waals surface area (Å²) in [5.41, 5.74) is 1.77. The van der Waals surface area contributed by atoms with Crippen LogP contribution in [0.3, 0.4) is 0 Å². The van der Waals surface area contributed by atoms with Crippen LogP contribution in [0, 0.1) is 0 Å². The van der Waals surface area contributed by atoms with E-state index in [1.807, 2.05) is 6.07 Å². The molecule has 0 bridgehead atoms. The minimum Gasteiger partial charge on any atom is -0.360 e. The smallest absolute Gasteiger partial charge is 0.0871 e. The van der Waals surface area contributed by atoms with Crippen LogP contribution in [-0.4, -0.2) is 11.7 Å². The third-order valence-corrected chi connectivity index (χ3v) is 1.13. The molecule has 0 saturated carbocycles. The van der Waals surface area contributed by atoms with Gasteiger partial charge in [-0.3, -0.25) is 4.99 Å². The lowest BCUT2D eigenvalue weighted by Gasteiger charge is -1.85. The normalized spacial score (nSPS) is 8.89. The summed E-state index contributed by atoms with van der Waals surface area (Å²) < 4.78 is 0. The second kappa shape index (κ2) is 2.31. The standard InChI is InChI=1S/C7H8N2/c1-3-6-7(8-2)4-5-9-6/h3-5,9H,1-2H2. The molecule has 1 heterocycles. The summed E-state index contributed by atoms with van der Waals surface area (Å²) in [7, 11) is 0. The molecule has 2 nitrogen and oxygen atoms in total. The van der Waals surface area contributed by atoms with Crippen molar-refractivity contribution in [3.8, 4) is 0 Å². The average molecular weight is 120 g/mol. The molecule has 0 aliphatic heterocycles. The van der Waals surface area contributed by atoms with Gasteiger partial charge in [0.25, 0.3) is 0 Å². The van der Waals surface area contributed by atoms with Crippen molar-refractivity contribution in [2.24, 2.45) is 4.99 Å². The van der Waals surface area contributed by atoms with Crippen LogP contribution < -0.4 is 0 Å². The third-order valence-electron chi connectivity index (χ3n) is 1.13. The summed E-state index contributed by atoms with van der Waals surface area (Å²) >= 11 is 0. The summed E-state index contributed by atoms with van der Waals surface area (Å²) in [5.74, 6) is 0. The van der Waals surface area contributed by atoms with Gasteiger partial charge in [-0.1, -0.05) is 6.58 Å². The Morgan fingerprint density at radius 3 is 2.89 bits per heavy atom. The number of H-pyrrole nitrogens is 1. The van der Waals surface area contributed by atoms with E-state index in [9.17, 15) is 0 Å². The molecule has 0 fully saturated rings. The first-order valence-corrected chi connectivity index (χ1v) is 2.65. The molecule has 1 aromatic rings. The molecule has 46 valence electrons. The Morgan fingerprint density at radius 1 is 1.67 bits per heavy atom. The van der Waals surface area contributed by atoms with Gasteiger partial charge >= 0.3 is 0 Å². The van der Waals surface area contributed by atoms with Crippen molar-refractivity contribution >= 4 is 18.5 Å². The topological polar surface area (TPSA) is 28.1 Å². The highest BCUT2D eigenvalue weighted by Gasteiger charge is 1.92. The van der Waals surface area contributed by atoms with Gasteiger partial charge in [-0.2, -0.15) is 0 Å². The number of aliphatic imine (C=N–C) groups is 1. The largest absolute Gasteiger partial charge is 0.360 e. The lowest BCUT2D eigenvalue weighted by atomic mass is 10.4. The van der Waals surface area contributed by atoms with Crippen LogP contribution in [0.4, 0.5) is 5.69 Å². The molecule has 0 unspecified atom stereocenters. The molecule has 0 spiro atoms.